The lowest BCUT2D eigenvalue weighted by Crippen LogP contribution is -2.17. The fourth-order valence-corrected chi connectivity index (χ4v) is 2.12. The van der Waals surface area contributed by atoms with Gasteiger partial charge in [0.15, 0.2) is 11.5 Å². The van der Waals surface area contributed by atoms with Crippen molar-refractivity contribution < 1.29 is 18.9 Å². The summed E-state index contributed by atoms with van der Waals surface area (Å²) in [4.78, 5) is 12.0. The molecule has 0 atom stereocenters. The number of amides is 1. The van der Waals surface area contributed by atoms with E-state index < -0.39 is 5.91 Å². The summed E-state index contributed by atoms with van der Waals surface area (Å²) < 4.78 is 15.9. The molecule has 1 amide bonds. The number of hydrogen-bond acceptors (Lipinski definition) is 7. The molecule has 0 saturated carbocycles. The molecule has 0 aliphatic carbocycles. The number of nitrogens with two attached hydrogens (primary N) is 1. The number of anilines is 2. The number of nitrogens with zero attached hydrogens (tertiary/aromatic N) is 2. The zero-order valence-electron chi connectivity index (χ0n) is 10.1. The minimum absolute atomic E-state index is 0.0730. The molecule has 3 N–H and O–H groups in total. The molecule has 0 unspecified atom stereocenters. The van der Waals surface area contributed by atoms with Crippen molar-refractivity contribution in [2.24, 2.45) is 0 Å². The third-order valence-electron chi connectivity index (χ3n) is 2.61. The summed E-state index contributed by atoms with van der Waals surface area (Å²) >= 11 is 3.34. The van der Waals surface area contributed by atoms with Crippen LogP contribution >= 0.6 is 15.9 Å². The van der Waals surface area contributed by atoms with Gasteiger partial charge in [-0.25, -0.2) is 4.63 Å². The van der Waals surface area contributed by atoms with Gasteiger partial charge in [-0.3, -0.25) is 4.79 Å². The summed E-state index contributed by atoms with van der Waals surface area (Å²) in [7, 11) is 0. The summed E-state index contributed by atoms with van der Waals surface area (Å²) in [6.45, 7) is 0.953. The van der Waals surface area contributed by atoms with Crippen LogP contribution in [0.4, 0.5) is 11.5 Å². The Balaban J connectivity index is 1.87. The Morgan fingerprint density at radius 2 is 1.95 bits per heavy atom. The zero-order valence-corrected chi connectivity index (χ0v) is 11.6. The number of nitrogen functional groups attached to an aromatic ring is 1. The van der Waals surface area contributed by atoms with Crippen molar-refractivity contribution in [3.63, 3.8) is 0 Å². The number of ether oxygens (including phenoxy) is 2. The molecule has 0 saturated heterocycles. The highest BCUT2D eigenvalue weighted by atomic mass is 79.9. The predicted octanol–water partition coefficient (Wildman–Crippen LogP) is 1.44. The molecule has 0 bridgehead atoms. The number of nitrogens with one attached hydrogen (secondary N) is 1. The van der Waals surface area contributed by atoms with Gasteiger partial charge >= 0.3 is 0 Å². The van der Waals surface area contributed by atoms with E-state index in [1.54, 1.807) is 12.1 Å². The van der Waals surface area contributed by atoms with Crippen molar-refractivity contribution in [3.05, 3.63) is 22.3 Å². The lowest BCUT2D eigenvalue weighted by molar-refractivity contribution is 0.101. The maximum absolute atomic E-state index is 12.0. The van der Waals surface area contributed by atoms with Gasteiger partial charge in [0, 0.05) is 16.6 Å². The Labute approximate surface area is 121 Å². The van der Waals surface area contributed by atoms with Crippen LogP contribution in [0, 0.1) is 0 Å². The quantitative estimate of drug-likeness (QED) is 0.850. The fourth-order valence-electron chi connectivity index (χ4n) is 1.69. The standard InChI is InChI=1S/C11H9BrN4O4/c12-5-3-7-8(19-2-1-18-7)4-6(5)14-11(17)9-10(13)16-20-15-9/h3-4H,1-2H2,(H2,13,16)(H,14,17). The summed E-state index contributed by atoms with van der Waals surface area (Å²) in [5.74, 6) is 0.571. The molecule has 1 aromatic heterocycles. The van der Waals surface area contributed by atoms with Crippen LogP contribution in [-0.2, 0) is 0 Å². The molecular weight excluding hydrogens is 332 g/mol. The van der Waals surface area contributed by atoms with Gasteiger partial charge < -0.3 is 20.5 Å². The highest BCUT2D eigenvalue weighted by Crippen LogP contribution is 2.38. The van der Waals surface area contributed by atoms with Crippen LogP contribution < -0.4 is 20.5 Å². The number of carbonyl (C=O) groups is 1. The molecule has 0 fully saturated rings. The summed E-state index contributed by atoms with van der Waals surface area (Å²) in [6.07, 6.45) is 0. The number of aromatic nitrogens is 2. The summed E-state index contributed by atoms with van der Waals surface area (Å²) in [6, 6.07) is 3.37. The van der Waals surface area contributed by atoms with Crippen molar-refractivity contribution in [2.45, 2.75) is 0 Å². The average Bonchev–Trinajstić information content (AvgIpc) is 2.86. The van der Waals surface area contributed by atoms with Gasteiger partial charge in [-0.1, -0.05) is 0 Å². The largest absolute Gasteiger partial charge is 0.486 e. The van der Waals surface area contributed by atoms with E-state index in [1.807, 2.05) is 0 Å². The number of hydrogen-bond donors (Lipinski definition) is 2. The molecule has 1 aliphatic rings. The maximum Gasteiger partial charge on any atom is 0.281 e. The Morgan fingerprint density at radius 1 is 1.25 bits per heavy atom. The average molecular weight is 341 g/mol. The molecule has 3 rings (SSSR count). The summed E-state index contributed by atoms with van der Waals surface area (Å²) in [5, 5.41) is 9.42. The molecule has 1 aromatic carbocycles. The number of benzene rings is 1. The van der Waals surface area contributed by atoms with E-state index in [0.717, 1.165) is 0 Å². The molecule has 0 spiro atoms. The number of carbonyl (C=O) groups excluding carboxylic acids is 1. The molecule has 8 nitrogen and oxygen atoms in total. The Kier molecular flexibility index (Phi) is 3.18. The van der Waals surface area contributed by atoms with Gasteiger partial charge in [-0.2, -0.15) is 0 Å². The van der Waals surface area contributed by atoms with Gasteiger partial charge in [0.05, 0.1) is 5.69 Å². The first-order valence-electron chi connectivity index (χ1n) is 5.63. The third kappa shape index (κ3) is 2.27. The first-order valence-corrected chi connectivity index (χ1v) is 6.43. The van der Waals surface area contributed by atoms with E-state index in [2.05, 4.69) is 36.2 Å². The zero-order chi connectivity index (χ0) is 14.1. The van der Waals surface area contributed by atoms with Crippen LogP contribution in [0.2, 0.25) is 0 Å². The number of fused-ring (bicyclic) bond motifs is 1. The van der Waals surface area contributed by atoms with Crippen molar-refractivity contribution in [1.82, 2.24) is 10.3 Å². The van der Waals surface area contributed by atoms with E-state index in [1.165, 1.54) is 0 Å². The van der Waals surface area contributed by atoms with Gasteiger partial charge in [-0.05, 0) is 26.2 Å². The first-order chi connectivity index (χ1) is 9.65. The Bertz CT molecular complexity index is 672. The van der Waals surface area contributed by atoms with Crippen molar-refractivity contribution >= 4 is 33.3 Å². The van der Waals surface area contributed by atoms with E-state index in [9.17, 15) is 4.79 Å². The van der Waals surface area contributed by atoms with Crippen molar-refractivity contribution in [2.75, 3.05) is 24.3 Å². The topological polar surface area (TPSA) is 112 Å². The molecule has 20 heavy (non-hydrogen) atoms. The minimum Gasteiger partial charge on any atom is -0.486 e. The van der Waals surface area contributed by atoms with Crippen LogP contribution in [0.15, 0.2) is 21.2 Å². The lowest BCUT2D eigenvalue weighted by Gasteiger charge is -2.19. The highest BCUT2D eigenvalue weighted by Gasteiger charge is 2.20. The van der Waals surface area contributed by atoms with Crippen LogP contribution in [0.25, 0.3) is 0 Å². The number of halogens is 1. The second kappa shape index (κ2) is 5.00. The summed E-state index contributed by atoms with van der Waals surface area (Å²) in [5.41, 5.74) is 5.88. The maximum atomic E-state index is 12.0. The SMILES string of the molecule is Nc1nonc1C(=O)Nc1cc2c(cc1Br)OCCO2. The van der Waals surface area contributed by atoms with Crippen LogP contribution in [0.5, 0.6) is 11.5 Å². The Morgan fingerprint density at radius 3 is 2.60 bits per heavy atom. The third-order valence-corrected chi connectivity index (χ3v) is 3.27. The molecule has 1 aliphatic heterocycles. The molecule has 9 heteroatoms. The monoisotopic (exact) mass is 340 g/mol. The lowest BCUT2D eigenvalue weighted by atomic mass is 10.2. The van der Waals surface area contributed by atoms with E-state index in [4.69, 9.17) is 15.2 Å². The van der Waals surface area contributed by atoms with E-state index in [-0.39, 0.29) is 11.5 Å². The number of rotatable bonds is 2. The first kappa shape index (κ1) is 12.7. The van der Waals surface area contributed by atoms with Crippen molar-refractivity contribution in [1.29, 1.82) is 0 Å². The molecular formula is C11H9BrN4O4. The molecule has 104 valence electrons. The molecule has 2 heterocycles. The second-order valence-corrected chi connectivity index (χ2v) is 4.78. The van der Waals surface area contributed by atoms with Gasteiger partial charge in [-0.15, -0.1) is 0 Å². The normalized spacial score (nSPS) is 13.1. The second-order valence-electron chi connectivity index (χ2n) is 3.93. The predicted molar refractivity (Wildman–Crippen MR) is 71.8 cm³/mol. The van der Waals surface area contributed by atoms with Crippen LogP contribution in [-0.4, -0.2) is 29.4 Å². The smallest absolute Gasteiger partial charge is 0.281 e. The van der Waals surface area contributed by atoms with Crippen molar-refractivity contribution in [3.8, 4) is 11.5 Å². The van der Waals surface area contributed by atoms with Gasteiger partial charge in [0.2, 0.25) is 11.5 Å². The van der Waals surface area contributed by atoms with Crippen LogP contribution in [0.3, 0.4) is 0 Å². The highest BCUT2D eigenvalue weighted by molar-refractivity contribution is 9.10. The Hall–Kier alpha value is -2.29. The molecule has 0 radical (unpaired) electrons. The van der Waals surface area contributed by atoms with E-state index >= 15 is 0 Å². The molecule has 2 aromatic rings. The van der Waals surface area contributed by atoms with Gasteiger partial charge in [0.25, 0.3) is 5.91 Å². The van der Waals surface area contributed by atoms with Crippen LogP contribution in [0.1, 0.15) is 10.5 Å². The minimum atomic E-state index is -0.527. The van der Waals surface area contributed by atoms with Gasteiger partial charge in [0.1, 0.15) is 13.2 Å². The van der Waals surface area contributed by atoms with E-state index in [0.29, 0.717) is 34.9 Å². The fraction of sp³-hybridized carbons (Fsp3) is 0.182.